The highest BCUT2D eigenvalue weighted by Crippen LogP contribution is 2.35. The number of nitrogens with one attached hydrogen (secondary N) is 1. The smallest absolute Gasteiger partial charge is 0.497 e. The molecule has 242 valence electrons. The number of carbonyl (C=O) groups is 1. The summed E-state index contributed by atoms with van der Waals surface area (Å²) >= 11 is 1.34. The van der Waals surface area contributed by atoms with Gasteiger partial charge in [-0.05, 0) is 47.4 Å². The lowest BCUT2D eigenvalue weighted by atomic mass is 10.00. The highest BCUT2D eigenvalue weighted by atomic mass is 32.2. The van der Waals surface area contributed by atoms with Gasteiger partial charge in [-0.2, -0.15) is 4.99 Å². The second-order valence-corrected chi connectivity index (χ2v) is 11.5. The van der Waals surface area contributed by atoms with Crippen molar-refractivity contribution in [3.63, 3.8) is 0 Å². The van der Waals surface area contributed by atoms with E-state index in [9.17, 15) is 22.4 Å². The van der Waals surface area contributed by atoms with Crippen LogP contribution in [0.5, 0.6) is 11.5 Å². The minimum absolute atomic E-state index is 0.0290. The van der Waals surface area contributed by atoms with Crippen molar-refractivity contribution in [1.29, 1.82) is 0 Å². The van der Waals surface area contributed by atoms with Crippen LogP contribution in [0, 0.1) is 0 Å². The first-order chi connectivity index (χ1) is 21.9. The lowest BCUT2D eigenvalue weighted by Gasteiger charge is -2.24. The Labute approximate surface area is 265 Å². The van der Waals surface area contributed by atoms with Gasteiger partial charge in [0.1, 0.15) is 17.8 Å². The maximum absolute atomic E-state index is 15.1. The van der Waals surface area contributed by atoms with Crippen LogP contribution in [-0.4, -0.2) is 58.0 Å². The van der Waals surface area contributed by atoms with Crippen LogP contribution in [0.3, 0.4) is 0 Å². The van der Waals surface area contributed by atoms with Crippen LogP contribution < -0.4 is 19.7 Å². The van der Waals surface area contributed by atoms with Gasteiger partial charge in [0, 0.05) is 29.6 Å². The number of amidine groups is 1. The lowest BCUT2D eigenvalue weighted by molar-refractivity contribution is -0.274. The third kappa shape index (κ3) is 7.76. The second-order valence-electron chi connectivity index (χ2n) is 10.4. The van der Waals surface area contributed by atoms with Gasteiger partial charge in [0.05, 0.1) is 12.8 Å². The number of amides is 2. The van der Waals surface area contributed by atoms with E-state index in [1.807, 2.05) is 42.3 Å². The van der Waals surface area contributed by atoms with Crippen molar-refractivity contribution in [3.05, 3.63) is 84.2 Å². The topological polar surface area (TPSA) is 93.9 Å². The average molecular weight is 661 g/mol. The number of halogens is 5. The number of aliphatic imine (C=N–C) groups is 1. The van der Waals surface area contributed by atoms with Crippen LogP contribution in [0.1, 0.15) is 37.1 Å². The zero-order valence-corrected chi connectivity index (χ0v) is 25.6. The Kier molecular flexibility index (Phi) is 9.79. The number of hydrogen-bond donors (Lipinski definition) is 1. The van der Waals surface area contributed by atoms with Gasteiger partial charge >= 0.3 is 12.4 Å². The van der Waals surface area contributed by atoms with Crippen molar-refractivity contribution in [2.45, 2.75) is 38.6 Å². The molecule has 0 saturated carbocycles. The Morgan fingerprint density at radius 2 is 1.72 bits per heavy atom. The standard InChI is InChI=1S/C31H29F5N6O3S/c1-18(2)24-13-12-23(44-3)16-25(24)41-14-15-46-30(41)39-29(43)38-27(33)26(32)19-4-6-20(7-5-19)28-37-17-42(40-28)21-8-10-22(11-9-21)45-31(34,35)36/h4-13,16-18,26-27H,14-15H2,1-3H3,(H,38,43). The summed E-state index contributed by atoms with van der Waals surface area (Å²) < 4.78 is 77.8. The number of benzene rings is 3. The number of alkyl halides is 5. The van der Waals surface area contributed by atoms with Gasteiger partial charge in [0.15, 0.2) is 17.2 Å². The number of ether oxygens (including phenoxy) is 2. The molecule has 2 unspecified atom stereocenters. The van der Waals surface area contributed by atoms with Crippen molar-refractivity contribution in [3.8, 4) is 28.6 Å². The highest BCUT2D eigenvalue weighted by molar-refractivity contribution is 8.14. The first-order valence-electron chi connectivity index (χ1n) is 14.1. The molecule has 1 aliphatic heterocycles. The van der Waals surface area contributed by atoms with E-state index >= 15 is 4.39 Å². The molecule has 2 amide bonds. The summed E-state index contributed by atoms with van der Waals surface area (Å²) in [6.45, 7) is 4.67. The van der Waals surface area contributed by atoms with Crippen LogP contribution in [0.4, 0.5) is 32.4 Å². The summed E-state index contributed by atoms with van der Waals surface area (Å²) in [6.07, 6.45) is -8.00. The third-order valence-electron chi connectivity index (χ3n) is 6.96. The maximum Gasteiger partial charge on any atom is 0.573 e. The van der Waals surface area contributed by atoms with Crippen LogP contribution >= 0.6 is 11.8 Å². The number of anilines is 1. The normalized spacial score (nSPS) is 15.7. The SMILES string of the molecule is COc1ccc(C(C)C)c(N2CCSC2=NC(=O)NC(F)C(F)c2ccc(-c3ncn(-c4ccc(OC(F)(F)F)cc4)n3)cc2)c1. The molecule has 1 aliphatic rings. The van der Waals surface area contributed by atoms with E-state index in [4.69, 9.17) is 4.74 Å². The zero-order valence-electron chi connectivity index (χ0n) is 24.8. The predicted octanol–water partition coefficient (Wildman–Crippen LogP) is 7.59. The molecule has 9 nitrogen and oxygen atoms in total. The summed E-state index contributed by atoms with van der Waals surface area (Å²) in [6, 6.07) is 15.4. The average Bonchev–Trinajstić information content (AvgIpc) is 3.70. The fourth-order valence-corrected chi connectivity index (χ4v) is 5.66. The molecule has 4 aromatic rings. The minimum atomic E-state index is -4.80. The third-order valence-corrected chi connectivity index (χ3v) is 7.91. The van der Waals surface area contributed by atoms with Gasteiger partial charge in [0.2, 0.25) is 6.30 Å². The van der Waals surface area contributed by atoms with E-state index in [-0.39, 0.29) is 23.1 Å². The van der Waals surface area contributed by atoms with Gasteiger partial charge in [0.25, 0.3) is 0 Å². The molecular weight excluding hydrogens is 631 g/mol. The molecule has 0 spiro atoms. The Morgan fingerprint density at radius 1 is 1.02 bits per heavy atom. The van der Waals surface area contributed by atoms with Crippen LogP contribution in [0.2, 0.25) is 0 Å². The summed E-state index contributed by atoms with van der Waals surface area (Å²) in [5, 5.41) is 6.66. The summed E-state index contributed by atoms with van der Waals surface area (Å²) in [7, 11) is 1.56. The molecule has 0 radical (unpaired) electrons. The number of methoxy groups -OCH3 is 1. The molecule has 15 heteroatoms. The summed E-state index contributed by atoms with van der Waals surface area (Å²) in [4.78, 5) is 22.7. The Morgan fingerprint density at radius 3 is 2.37 bits per heavy atom. The molecule has 1 saturated heterocycles. The van der Waals surface area contributed by atoms with Crippen molar-refractivity contribution in [1.82, 2.24) is 20.1 Å². The summed E-state index contributed by atoms with van der Waals surface area (Å²) in [5.74, 6) is 1.36. The zero-order chi connectivity index (χ0) is 33.0. The van der Waals surface area contributed by atoms with Gasteiger partial charge < -0.3 is 19.7 Å². The molecule has 5 rings (SSSR count). The number of rotatable bonds is 9. The number of thioether (sulfide) groups is 1. The number of nitrogens with zero attached hydrogens (tertiary/aromatic N) is 5. The van der Waals surface area contributed by atoms with Crippen LogP contribution in [0.15, 0.2) is 78.0 Å². The predicted molar refractivity (Wildman–Crippen MR) is 165 cm³/mol. The minimum Gasteiger partial charge on any atom is -0.497 e. The van der Waals surface area contributed by atoms with Crippen molar-refractivity contribution < 1.29 is 36.2 Å². The molecule has 2 heterocycles. The number of aromatic nitrogens is 3. The van der Waals surface area contributed by atoms with Crippen molar-refractivity contribution in [2.24, 2.45) is 4.99 Å². The highest BCUT2D eigenvalue weighted by Gasteiger charge is 2.31. The maximum atomic E-state index is 15.1. The fraction of sp³-hybridized carbons (Fsp3) is 0.290. The van der Waals surface area contributed by atoms with E-state index in [1.165, 1.54) is 59.2 Å². The molecule has 1 aromatic heterocycles. The van der Waals surface area contributed by atoms with E-state index in [1.54, 1.807) is 7.11 Å². The van der Waals surface area contributed by atoms with Gasteiger partial charge in [-0.3, -0.25) is 0 Å². The Hall–Kier alpha value is -4.66. The first kappa shape index (κ1) is 32.7. The Balaban J connectivity index is 1.22. The van der Waals surface area contributed by atoms with Gasteiger partial charge in [-0.1, -0.05) is 55.9 Å². The van der Waals surface area contributed by atoms with E-state index < -0.39 is 24.9 Å². The van der Waals surface area contributed by atoms with E-state index in [2.05, 4.69) is 19.8 Å². The quantitative estimate of drug-likeness (QED) is 0.146. The largest absolute Gasteiger partial charge is 0.573 e. The summed E-state index contributed by atoms with van der Waals surface area (Å²) in [5.41, 5.74) is 2.74. The fourth-order valence-electron chi connectivity index (χ4n) is 4.71. The monoisotopic (exact) mass is 660 g/mol. The molecule has 1 N–H and O–H groups in total. The van der Waals surface area contributed by atoms with Gasteiger partial charge in [-0.15, -0.1) is 18.3 Å². The molecule has 3 aromatic carbocycles. The molecule has 2 atom stereocenters. The van der Waals surface area contributed by atoms with Crippen molar-refractivity contribution in [2.75, 3.05) is 24.3 Å². The molecule has 46 heavy (non-hydrogen) atoms. The molecule has 1 fully saturated rings. The van der Waals surface area contributed by atoms with Gasteiger partial charge in [-0.25, -0.2) is 23.2 Å². The van der Waals surface area contributed by atoms with Crippen molar-refractivity contribution >= 4 is 28.6 Å². The van der Waals surface area contributed by atoms with Crippen LogP contribution in [-0.2, 0) is 0 Å². The lowest BCUT2D eigenvalue weighted by Crippen LogP contribution is -2.34. The van der Waals surface area contributed by atoms with E-state index in [0.29, 0.717) is 34.5 Å². The Bertz CT molecular complexity index is 1700. The number of hydrogen-bond acceptors (Lipinski definition) is 6. The first-order valence-corrected chi connectivity index (χ1v) is 15.0. The second kappa shape index (κ2) is 13.8. The number of urea groups is 1. The number of carbonyl (C=O) groups excluding carboxylic acids is 1. The molecule has 0 bridgehead atoms. The molecule has 0 aliphatic carbocycles. The van der Waals surface area contributed by atoms with Crippen LogP contribution in [0.25, 0.3) is 17.1 Å². The van der Waals surface area contributed by atoms with E-state index in [0.717, 1.165) is 23.4 Å². The molecular formula is C31H29F5N6O3S.